The van der Waals surface area contributed by atoms with Gasteiger partial charge >= 0.3 is 5.97 Å². The third-order valence-electron chi connectivity index (χ3n) is 0.285. The standard InChI is InChI=1S/C2H6N2O2/c3-1(4)2(5)6/h1H,3-4H2,(H,5,6). The van der Waals surface area contributed by atoms with Crippen LogP contribution in [0.5, 0.6) is 0 Å². The van der Waals surface area contributed by atoms with Gasteiger partial charge in [-0.1, -0.05) is 0 Å². The molecule has 0 unspecified atom stereocenters. The minimum atomic E-state index is -1.23. The Bertz CT molecular complexity index is 60.6. The van der Waals surface area contributed by atoms with Gasteiger partial charge < -0.3 is 16.6 Å². The van der Waals surface area contributed by atoms with Crippen molar-refractivity contribution in [2.24, 2.45) is 11.5 Å². The largest absolute Gasteiger partial charge is 0.479 e. The molecule has 0 radical (unpaired) electrons. The summed E-state index contributed by atoms with van der Waals surface area (Å²) in [5, 5.41) is 7.74. The number of hydrogen-bond donors (Lipinski definition) is 3. The summed E-state index contributed by atoms with van der Waals surface area (Å²) in [7, 11) is 0. The monoisotopic (exact) mass is 90.0 g/mol. The lowest BCUT2D eigenvalue weighted by Crippen LogP contribution is -2.38. The lowest BCUT2D eigenvalue weighted by atomic mass is 10.6. The molecule has 0 spiro atoms. The molecule has 6 heavy (non-hydrogen) atoms. The topological polar surface area (TPSA) is 89.3 Å². The molecule has 36 valence electrons. The van der Waals surface area contributed by atoms with Crippen molar-refractivity contribution in [2.45, 2.75) is 6.17 Å². The Kier molecular flexibility index (Phi) is 1.56. The fourth-order valence-corrected chi connectivity index (χ4v) is 0. The predicted molar refractivity (Wildman–Crippen MR) is 19.8 cm³/mol. The van der Waals surface area contributed by atoms with E-state index in [2.05, 4.69) is 11.5 Å². The van der Waals surface area contributed by atoms with Gasteiger partial charge in [-0.15, -0.1) is 0 Å². The lowest BCUT2D eigenvalue weighted by molar-refractivity contribution is -0.138. The second kappa shape index (κ2) is 1.74. The fourth-order valence-electron chi connectivity index (χ4n) is 0. The normalized spacial score (nSPS) is 9.17. The van der Waals surface area contributed by atoms with Gasteiger partial charge in [-0.2, -0.15) is 0 Å². The molecule has 0 amide bonds. The number of rotatable bonds is 1. The van der Waals surface area contributed by atoms with Gasteiger partial charge in [0.25, 0.3) is 0 Å². The molecule has 0 fully saturated rings. The smallest absolute Gasteiger partial charge is 0.335 e. The van der Waals surface area contributed by atoms with E-state index in [1.54, 1.807) is 0 Å². The van der Waals surface area contributed by atoms with Crippen LogP contribution in [0.2, 0.25) is 0 Å². The molecule has 4 heteroatoms. The second-order valence-corrected chi connectivity index (χ2v) is 0.864. The molecule has 0 aliphatic rings. The Morgan fingerprint density at radius 1 is 1.67 bits per heavy atom. The first-order chi connectivity index (χ1) is 2.64. The van der Waals surface area contributed by atoms with Gasteiger partial charge in [-0.05, 0) is 0 Å². The van der Waals surface area contributed by atoms with Gasteiger partial charge in [0.2, 0.25) is 0 Å². The van der Waals surface area contributed by atoms with Gasteiger partial charge in [0.1, 0.15) is 0 Å². The summed E-state index contributed by atoms with van der Waals surface area (Å²) >= 11 is 0. The number of carboxylic acids is 1. The maximum absolute atomic E-state index is 9.45. The zero-order valence-corrected chi connectivity index (χ0v) is 3.09. The Hall–Kier alpha value is -0.610. The Morgan fingerprint density at radius 3 is 1.83 bits per heavy atom. The van der Waals surface area contributed by atoms with Crippen molar-refractivity contribution in [2.75, 3.05) is 0 Å². The second-order valence-electron chi connectivity index (χ2n) is 0.864. The Morgan fingerprint density at radius 2 is 1.83 bits per heavy atom. The zero-order valence-electron chi connectivity index (χ0n) is 3.09. The molecule has 0 aliphatic heterocycles. The van der Waals surface area contributed by atoms with Crippen LogP contribution in [0.25, 0.3) is 0 Å². The van der Waals surface area contributed by atoms with Crippen molar-refractivity contribution in [3.8, 4) is 0 Å². The molecule has 0 saturated heterocycles. The minimum Gasteiger partial charge on any atom is -0.479 e. The van der Waals surface area contributed by atoms with Crippen LogP contribution in [0.4, 0.5) is 0 Å². The molecule has 0 aromatic carbocycles. The third kappa shape index (κ3) is 1.68. The van der Waals surface area contributed by atoms with E-state index in [4.69, 9.17) is 5.11 Å². The van der Waals surface area contributed by atoms with E-state index >= 15 is 0 Å². The third-order valence-corrected chi connectivity index (χ3v) is 0.285. The molecule has 0 heterocycles. The van der Waals surface area contributed by atoms with E-state index in [1.165, 1.54) is 0 Å². The highest BCUT2D eigenvalue weighted by molar-refractivity contribution is 5.72. The van der Waals surface area contributed by atoms with Gasteiger partial charge in [-0.3, -0.25) is 0 Å². The maximum Gasteiger partial charge on any atom is 0.335 e. The SMILES string of the molecule is NC(N)C(=O)O. The summed E-state index contributed by atoms with van der Waals surface area (Å²) in [5.74, 6) is -1.19. The van der Waals surface area contributed by atoms with Crippen molar-refractivity contribution in [3.63, 3.8) is 0 Å². The van der Waals surface area contributed by atoms with Crippen LogP contribution in [0, 0.1) is 0 Å². The van der Waals surface area contributed by atoms with Crippen molar-refractivity contribution in [3.05, 3.63) is 0 Å². The first kappa shape index (κ1) is 5.39. The summed E-state index contributed by atoms with van der Waals surface area (Å²) in [6.45, 7) is 0. The van der Waals surface area contributed by atoms with Crippen molar-refractivity contribution < 1.29 is 9.90 Å². The van der Waals surface area contributed by atoms with Gasteiger partial charge in [0.05, 0.1) is 0 Å². The van der Waals surface area contributed by atoms with Crippen LogP contribution in [0.3, 0.4) is 0 Å². The first-order valence-corrected chi connectivity index (χ1v) is 1.38. The Balaban J connectivity index is 3.26. The summed E-state index contributed by atoms with van der Waals surface area (Å²) in [4.78, 5) is 9.45. The van der Waals surface area contributed by atoms with Crippen molar-refractivity contribution in [1.82, 2.24) is 0 Å². The number of nitrogens with two attached hydrogens (primary N) is 2. The van der Waals surface area contributed by atoms with Crippen LogP contribution in [0.1, 0.15) is 0 Å². The van der Waals surface area contributed by atoms with Crippen LogP contribution in [0.15, 0.2) is 0 Å². The number of carboxylic acid groups (broad SMARTS) is 1. The highest BCUT2D eigenvalue weighted by Crippen LogP contribution is 1.56. The maximum atomic E-state index is 9.45. The van der Waals surface area contributed by atoms with E-state index in [9.17, 15) is 4.79 Å². The van der Waals surface area contributed by atoms with Crippen LogP contribution >= 0.6 is 0 Å². The molecule has 0 aromatic rings. The van der Waals surface area contributed by atoms with E-state index in [1.807, 2.05) is 0 Å². The van der Waals surface area contributed by atoms with Gasteiger partial charge in [0, 0.05) is 0 Å². The first-order valence-electron chi connectivity index (χ1n) is 1.38. The van der Waals surface area contributed by atoms with Crippen LogP contribution in [-0.2, 0) is 4.79 Å². The molecule has 0 saturated carbocycles. The quantitative estimate of drug-likeness (QED) is 0.335. The summed E-state index contributed by atoms with van der Waals surface area (Å²) in [6.07, 6.45) is -1.23. The average Bonchev–Trinajstić information content (AvgIpc) is 1.36. The van der Waals surface area contributed by atoms with Crippen LogP contribution < -0.4 is 11.5 Å². The lowest BCUT2D eigenvalue weighted by Gasteiger charge is -1.90. The number of carbonyl (C=O) groups is 1. The van der Waals surface area contributed by atoms with Crippen molar-refractivity contribution in [1.29, 1.82) is 0 Å². The molecule has 0 bridgehead atoms. The summed E-state index contributed by atoms with van der Waals surface area (Å²) < 4.78 is 0. The predicted octanol–water partition coefficient (Wildman–Crippen LogP) is -1.69. The van der Waals surface area contributed by atoms with Crippen molar-refractivity contribution >= 4 is 5.97 Å². The summed E-state index contributed by atoms with van der Waals surface area (Å²) in [5.41, 5.74) is 9.23. The highest BCUT2D eigenvalue weighted by atomic mass is 16.4. The molecule has 4 nitrogen and oxygen atoms in total. The van der Waals surface area contributed by atoms with E-state index in [0.717, 1.165) is 0 Å². The zero-order chi connectivity index (χ0) is 5.15. The highest BCUT2D eigenvalue weighted by Gasteiger charge is 1.99. The summed E-state index contributed by atoms with van der Waals surface area (Å²) in [6, 6.07) is 0. The molecule has 0 aliphatic carbocycles. The van der Waals surface area contributed by atoms with Gasteiger partial charge in [0.15, 0.2) is 6.17 Å². The van der Waals surface area contributed by atoms with Gasteiger partial charge in [-0.25, -0.2) is 4.79 Å². The van der Waals surface area contributed by atoms with E-state index in [-0.39, 0.29) is 0 Å². The molecular formula is C2H6N2O2. The van der Waals surface area contributed by atoms with Crippen LogP contribution in [-0.4, -0.2) is 17.2 Å². The Labute approximate surface area is 34.7 Å². The number of aliphatic carboxylic acids is 1. The average molecular weight is 90.1 g/mol. The fraction of sp³-hybridized carbons (Fsp3) is 0.500. The molecule has 0 rings (SSSR count). The molecule has 0 aromatic heterocycles. The minimum absolute atomic E-state index is 1.19. The van der Waals surface area contributed by atoms with E-state index in [0.29, 0.717) is 0 Å². The molecule has 5 N–H and O–H groups in total. The number of hydrogen-bond acceptors (Lipinski definition) is 3. The molecule has 0 atom stereocenters. The molecular weight excluding hydrogens is 84.0 g/mol. The van der Waals surface area contributed by atoms with E-state index < -0.39 is 12.1 Å².